The van der Waals surface area contributed by atoms with Gasteiger partial charge in [0.25, 0.3) is 5.91 Å². The van der Waals surface area contributed by atoms with Crippen molar-refractivity contribution in [1.29, 1.82) is 0 Å². The molecule has 4 aromatic rings. The second kappa shape index (κ2) is 10.9. The number of ether oxygens (including phenoxy) is 2. The van der Waals surface area contributed by atoms with Crippen molar-refractivity contribution in [2.24, 2.45) is 5.10 Å². The van der Waals surface area contributed by atoms with E-state index in [-0.39, 0.29) is 11.7 Å². The van der Waals surface area contributed by atoms with Crippen molar-refractivity contribution in [2.45, 2.75) is 11.8 Å². The summed E-state index contributed by atoms with van der Waals surface area (Å²) in [7, 11) is 1.57. The van der Waals surface area contributed by atoms with E-state index in [0.29, 0.717) is 28.3 Å². The van der Waals surface area contributed by atoms with Crippen LogP contribution in [0.2, 0.25) is 5.02 Å². The van der Waals surface area contributed by atoms with Crippen LogP contribution in [0.25, 0.3) is 11.0 Å². The third-order valence-electron chi connectivity index (χ3n) is 4.64. The highest BCUT2D eigenvalue weighted by Gasteiger charge is 2.08. The number of hydrogen-bond donors (Lipinski definition) is 2. The monoisotopic (exact) mass is 480 g/mol. The van der Waals surface area contributed by atoms with Gasteiger partial charge in [0.2, 0.25) is 0 Å². The third-order valence-corrected chi connectivity index (χ3v) is 5.88. The molecule has 0 unspecified atom stereocenters. The van der Waals surface area contributed by atoms with Crippen LogP contribution in [0.1, 0.15) is 11.1 Å². The van der Waals surface area contributed by atoms with Gasteiger partial charge in [-0.1, -0.05) is 53.7 Å². The lowest BCUT2D eigenvalue weighted by Gasteiger charge is -2.12. The Morgan fingerprint density at radius 3 is 2.79 bits per heavy atom. The van der Waals surface area contributed by atoms with E-state index in [2.05, 4.69) is 20.5 Å². The highest BCUT2D eigenvalue weighted by Crippen LogP contribution is 2.29. The maximum atomic E-state index is 12.1. The molecule has 7 nitrogen and oxygen atoms in total. The second-order valence-electron chi connectivity index (χ2n) is 6.93. The molecule has 1 amide bonds. The van der Waals surface area contributed by atoms with Gasteiger partial charge in [0.1, 0.15) is 6.61 Å². The van der Waals surface area contributed by atoms with Crippen molar-refractivity contribution in [3.05, 3.63) is 82.9 Å². The standard InChI is InChI=1S/C24H21ClN4O3S/c1-31-22-12-16(10-11-21(22)32-14-17-6-2-3-7-18(17)25)13-26-29-23(30)15-33-24-27-19-8-4-5-9-20(19)28-24/h2-13H,14-15H2,1H3,(H,27,28)(H,29,30)/b26-13+. The fourth-order valence-electron chi connectivity index (χ4n) is 3.00. The Bertz CT molecular complexity index is 1260. The van der Waals surface area contributed by atoms with E-state index < -0.39 is 0 Å². The lowest BCUT2D eigenvalue weighted by molar-refractivity contribution is -0.118. The number of thioether (sulfide) groups is 1. The van der Waals surface area contributed by atoms with E-state index >= 15 is 0 Å². The van der Waals surface area contributed by atoms with E-state index in [0.717, 1.165) is 22.2 Å². The molecule has 0 saturated carbocycles. The van der Waals surface area contributed by atoms with E-state index in [9.17, 15) is 4.79 Å². The molecular weight excluding hydrogens is 460 g/mol. The first-order valence-electron chi connectivity index (χ1n) is 10.1. The van der Waals surface area contributed by atoms with Crippen molar-refractivity contribution in [3.63, 3.8) is 0 Å². The van der Waals surface area contributed by atoms with Gasteiger partial charge in [0.15, 0.2) is 16.7 Å². The average molecular weight is 481 g/mol. The molecule has 3 aromatic carbocycles. The van der Waals surface area contributed by atoms with Crippen LogP contribution in [0.3, 0.4) is 0 Å². The molecule has 0 spiro atoms. The van der Waals surface area contributed by atoms with Crippen molar-refractivity contribution < 1.29 is 14.3 Å². The minimum atomic E-state index is -0.233. The number of para-hydroxylation sites is 2. The van der Waals surface area contributed by atoms with Gasteiger partial charge in [-0.15, -0.1) is 0 Å². The summed E-state index contributed by atoms with van der Waals surface area (Å²) >= 11 is 7.49. The fourth-order valence-corrected chi connectivity index (χ4v) is 3.87. The zero-order valence-electron chi connectivity index (χ0n) is 17.7. The van der Waals surface area contributed by atoms with Gasteiger partial charge in [-0.25, -0.2) is 10.4 Å². The maximum absolute atomic E-state index is 12.1. The summed E-state index contributed by atoms with van der Waals surface area (Å²) in [6.45, 7) is 0.322. The van der Waals surface area contributed by atoms with Crippen LogP contribution in [0.15, 0.2) is 77.0 Å². The predicted octanol–water partition coefficient (Wildman–Crippen LogP) is 5.05. The summed E-state index contributed by atoms with van der Waals surface area (Å²) in [4.78, 5) is 19.7. The highest BCUT2D eigenvalue weighted by molar-refractivity contribution is 7.99. The number of nitrogens with one attached hydrogen (secondary N) is 2. The smallest absolute Gasteiger partial charge is 0.250 e. The molecule has 0 aliphatic carbocycles. The van der Waals surface area contributed by atoms with Gasteiger partial charge in [0.05, 0.1) is 30.1 Å². The molecule has 0 saturated heterocycles. The second-order valence-corrected chi connectivity index (χ2v) is 8.30. The lowest BCUT2D eigenvalue weighted by Crippen LogP contribution is -2.19. The number of carbonyl (C=O) groups is 1. The summed E-state index contributed by atoms with van der Waals surface area (Å²) in [5.41, 5.74) is 5.96. The van der Waals surface area contributed by atoms with Gasteiger partial charge in [-0.3, -0.25) is 4.79 Å². The van der Waals surface area contributed by atoms with Gasteiger partial charge in [-0.05, 0) is 42.0 Å². The molecule has 2 N–H and O–H groups in total. The summed E-state index contributed by atoms with van der Waals surface area (Å²) in [6, 6.07) is 20.6. The molecule has 0 aliphatic heterocycles. The number of nitrogens with zero attached hydrogens (tertiary/aromatic N) is 2. The first-order chi connectivity index (χ1) is 16.1. The number of methoxy groups -OCH3 is 1. The van der Waals surface area contributed by atoms with Crippen molar-refractivity contribution in [2.75, 3.05) is 12.9 Å². The molecule has 0 fully saturated rings. The minimum absolute atomic E-state index is 0.190. The molecule has 168 valence electrons. The van der Waals surface area contributed by atoms with Crippen molar-refractivity contribution >= 4 is 46.5 Å². The Kier molecular flexibility index (Phi) is 7.49. The Morgan fingerprint density at radius 1 is 1.15 bits per heavy atom. The van der Waals surface area contributed by atoms with Crippen molar-refractivity contribution in [1.82, 2.24) is 15.4 Å². The average Bonchev–Trinajstić information content (AvgIpc) is 3.26. The number of aromatic amines is 1. The fraction of sp³-hybridized carbons (Fsp3) is 0.125. The number of H-pyrrole nitrogens is 1. The molecule has 33 heavy (non-hydrogen) atoms. The summed E-state index contributed by atoms with van der Waals surface area (Å²) in [5.74, 6) is 1.09. The molecule has 0 bridgehead atoms. The van der Waals surface area contributed by atoms with Gasteiger partial charge >= 0.3 is 0 Å². The van der Waals surface area contributed by atoms with Crippen LogP contribution in [-0.2, 0) is 11.4 Å². The number of imidazole rings is 1. The molecule has 0 atom stereocenters. The van der Waals surface area contributed by atoms with Crippen molar-refractivity contribution in [3.8, 4) is 11.5 Å². The summed E-state index contributed by atoms with van der Waals surface area (Å²) < 4.78 is 11.3. The van der Waals surface area contributed by atoms with E-state index in [1.165, 1.54) is 11.8 Å². The van der Waals surface area contributed by atoms with Crippen LogP contribution < -0.4 is 14.9 Å². The Hall–Kier alpha value is -3.49. The Morgan fingerprint density at radius 2 is 1.97 bits per heavy atom. The van der Waals surface area contributed by atoms with Crippen LogP contribution in [-0.4, -0.2) is 35.0 Å². The number of halogens is 1. The van der Waals surface area contributed by atoms with Gasteiger partial charge in [-0.2, -0.15) is 5.10 Å². The maximum Gasteiger partial charge on any atom is 0.250 e. The number of carbonyl (C=O) groups excluding carboxylic acids is 1. The number of amides is 1. The molecular formula is C24H21ClN4O3S. The lowest BCUT2D eigenvalue weighted by atomic mass is 10.2. The topological polar surface area (TPSA) is 88.6 Å². The Balaban J connectivity index is 1.30. The van der Waals surface area contributed by atoms with Crippen LogP contribution in [0.4, 0.5) is 0 Å². The largest absolute Gasteiger partial charge is 0.493 e. The predicted molar refractivity (Wildman–Crippen MR) is 131 cm³/mol. The molecule has 4 rings (SSSR count). The first kappa shape index (κ1) is 22.7. The summed E-state index contributed by atoms with van der Waals surface area (Å²) in [6.07, 6.45) is 1.55. The molecule has 0 radical (unpaired) electrons. The van der Waals surface area contributed by atoms with E-state index in [4.69, 9.17) is 21.1 Å². The molecule has 0 aliphatic rings. The number of hydrazone groups is 1. The zero-order valence-corrected chi connectivity index (χ0v) is 19.3. The number of hydrogen-bond acceptors (Lipinski definition) is 6. The number of benzene rings is 3. The highest BCUT2D eigenvalue weighted by atomic mass is 35.5. The van der Waals surface area contributed by atoms with Crippen LogP contribution >= 0.6 is 23.4 Å². The summed E-state index contributed by atoms with van der Waals surface area (Å²) in [5, 5.41) is 5.36. The third kappa shape index (κ3) is 6.06. The SMILES string of the molecule is COc1cc(/C=N/NC(=O)CSc2nc3ccccc3[nH]2)ccc1OCc1ccccc1Cl. The molecule has 1 aromatic heterocycles. The number of fused-ring (bicyclic) bond motifs is 1. The number of aromatic nitrogens is 2. The van der Waals surface area contributed by atoms with Crippen LogP contribution in [0.5, 0.6) is 11.5 Å². The van der Waals surface area contributed by atoms with E-state index in [1.807, 2.05) is 54.6 Å². The van der Waals surface area contributed by atoms with Gasteiger partial charge < -0.3 is 14.5 Å². The first-order valence-corrected chi connectivity index (χ1v) is 11.4. The van der Waals surface area contributed by atoms with Gasteiger partial charge in [0, 0.05) is 10.6 Å². The minimum Gasteiger partial charge on any atom is -0.493 e. The van der Waals surface area contributed by atoms with E-state index in [1.54, 1.807) is 25.5 Å². The molecule has 1 heterocycles. The molecule has 9 heteroatoms. The quantitative estimate of drug-likeness (QED) is 0.199. The Labute approximate surface area is 200 Å². The zero-order chi connectivity index (χ0) is 23.0. The number of rotatable bonds is 9. The van der Waals surface area contributed by atoms with Crippen LogP contribution in [0, 0.1) is 0 Å². The normalized spacial score (nSPS) is 11.1.